The minimum absolute atomic E-state index is 0.180. The van der Waals surface area contributed by atoms with Gasteiger partial charge >= 0.3 is 0 Å². The number of carbonyl (C=O) groups excluding carboxylic acids is 1. The van der Waals surface area contributed by atoms with Gasteiger partial charge in [0.15, 0.2) is 11.5 Å². The molecule has 1 heterocycles. The summed E-state index contributed by atoms with van der Waals surface area (Å²) in [5.41, 5.74) is 1.29. The van der Waals surface area contributed by atoms with E-state index in [1.165, 1.54) is 0 Å². The zero-order valence-electron chi connectivity index (χ0n) is 14.0. The van der Waals surface area contributed by atoms with Crippen LogP contribution in [0.5, 0.6) is 17.2 Å². The van der Waals surface area contributed by atoms with E-state index in [1.807, 2.05) is 6.92 Å². The van der Waals surface area contributed by atoms with Crippen LogP contribution in [-0.4, -0.2) is 31.0 Å². The minimum Gasteiger partial charge on any atom is -0.494 e. The Kier molecular flexibility index (Phi) is 5.40. The maximum atomic E-state index is 12.1. The van der Waals surface area contributed by atoms with Crippen LogP contribution in [0.3, 0.4) is 0 Å². The summed E-state index contributed by atoms with van der Waals surface area (Å²) in [5, 5.41) is 13.1. The van der Waals surface area contributed by atoms with Gasteiger partial charge in [-0.05, 0) is 55.3 Å². The molecule has 0 aromatic heterocycles. The van der Waals surface area contributed by atoms with Crippen LogP contribution in [0.25, 0.3) is 0 Å². The van der Waals surface area contributed by atoms with Crippen molar-refractivity contribution in [3.05, 3.63) is 53.6 Å². The number of aliphatic hydroxyl groups is 1. The molecule has 0 fully saturated rings. The maximum absolute atomic E-state index is 12.1. The highest BCUT2D eigenvalue weighted by atomic mass is 16.7. The molecule has 1 amide bonds. The molecule has 132 valence electrons. The number of fused-ring (bicyclic) bond motifs is 1. The van der Waals surface area contributed by atoms with Crippen LogP contribution in [0.1, 0.15) is 35.4 Å². The van der Waals surface area contributed by atoms with E-state index in [4.69, 9.17) is 14.2 Å². The normalized spacial score (nSPS) is 13.4. The average molecular weight is 343 g/mol. The van der Waals surface area contributed by atoms with E-state index in [9.17, 15) is 9.90 Å². The summed E-state index contributed by atoms with van der Waals surface area (Å²) in [7, 11) is 0. The zero-order chi connectivity index (χ0) is 17.6. The molecule has 2 N–H and O–H groups in total. The molecular weight excluding hydrogens is 322 g/mol. The van der Waals surface area contributed by atoms with E-state index >= 15 is 0 Å². The molecule has 1 atom stereocenters. The Morgan fingerprint density at radius 1 is 1.20 bits per heavy atom. The molecule has 0 radical (unpaired) electrons. The van der Waals surface area contributed by atoms with E-state index in [0.29, 0.717) is 36.6 Å². The number of hydrogen-bond acceptors (Lipinski definition) is 5. The highest BCUT2D eigenvalue weighted by molar-refractivity contribution is 5.94. The highest BCUT2D eigenvalue weighted by Crippen LogP contribution is 2.34. The molecule has 2 aromatic carbocycles. The lowest BCUT2D eigenvalue weighted by molar-refractivity contribution is 0.0942. The lowest BCUT2D eigenvalue weighted by atomic mass is 10.1. The van der Waals surface area contributed by atoms with E-state index < -0.39 is 6.10 Å². The lowest BCUT2D eigenvalue weighted by Gasteiger charge is -2.12. The van der Waals surface area contributed by atoms with Crippen molar-refractivity contribution in [2.75, 3.05) is 19.9 Å². The van der Waals surface area contributed by atoms with Crippen molar-refractivity contribution >= 4 is 5.91 Å². The Hall–Kier alpha value is -2.73. The van der Waals surface area contributed by atoms with Crippen molar-refractivity contribution in [1.82, 2.24) is 5.32 Å². The van der Waals surface area contributed by atoms with Crippen LogP contribution in [0.2, 0.25) is 0 Å². The third-order valence-electron chi connectivity index (χ3n) is 3.91. The van der Waals surface area contributed by atoms with Gasteiger partial charge in [-0.2, -0.15) is 0 Å². The van der Waals surface area contributed by atoms with Crippen molar-refractivity contribution in [3.8, 4) is 17.2 Å². The lowest BCUT2D eigenvalue weighted by Crippen LogP contribution is -2.25. The van der Waals surface area contributed by atoms with Gasteiger partial charge in [-0.1, -0.05) is 6.07 Å². The molecule has 0 saturated carbocycles. The number of rotatable bonds is 7. The molecule has 3 rings (SSSR count). The molecular formula is C19H21NO5. The highest BCUT2D eigenvalue weighted by Gasteiger charge is 2.16. The van der Waals surface area contributed by atoms with Crippen molar-refractivity contribution in [1.29, 1.82) is 0 Å². The maximum Gasteiger partial charge on any atom is 0.251 e. The number of aliphatic hydroxyl groups excluding tert-OH is 1. The summed E-state index contributed by atoms with van der Waals surface area (Å²) in [4.78, 5) is 12.1. The van der Waals surface area contributed by atoms with Gasteiger partial charge in [0.25, 0.3) is 5.91 Å². The Bertz CT molecular complexity index is 729. The van der Waals surface area contributed by atoms with E-state index in [0.717, 1.165) is 11.3 Å². The van der Waals surface area contributed by atoms with Crippen molar-refractivity contribution in [2.45, 2.75) is 19.4 Å². The quantitative estimate of drug-likeness (QED) is 0.808. The van der Waals surface area contributed by atoms with Gasteiger partial charge in [0.05, 0.1) is 12.7 Å². The van der Waals surface area contributed by atoms with E-state index in [1.54, 1.807) is 42.5 Å². The second-order valence-corrected chi connectivity index (χ2v) is 5.63. The first-order valence-electron chi connectivity index (χ1n) is 8.26. The number of amides is 1. The predicted molar refractivity (Wildman–Crippen MR) is 92.1 cm³/mol. The Morgan fingerprint density at radius 3 is 2.72 bits per heavy atom. The summed E-state index contributed by atoms with van der Waals surface area (Å²) in [6.07, 6.45) is -0.280. The number of ether oxygens (including phenoxy) is 3. The van der Waals surface area contributed by atoms with Gasteiger partial charge < -0.3 is 24.6 Å². The fourth-order valence-corrected chi connectivity index (χ4v) is 2.58. The molecule has 1 aliphatic heterocycles. The standard InChI is InChI=1S/C19H21NO5/c1-2-23-15-6-3-13(4-7-15)19(22)20-10-9-16(21)14-5-8-17-18(11-14)25-12-24-17/h3-8,11,16,21H,2,9-10,12H2,1H3,(H,20,22). The smallest absolute Gasteiger partial charge is 0.251 e. The Morgan fingerprint density at radius 2 is 1.96 bits per heavy atom. The minimum atomic E-state index is -0.685. The number of nitrogens with one attached hydrogen (secondary N) is 1. The molecule has 1 unspecified atom stereocenters. The summed E-state index contributed by atoms with van der Waals surface area (Å²) < 4.78 is 15.9. The third-order valence-corrected chi connectivity index (χ3v) is 3.91. The van der Waals surface area contributed by atoms with Crippen LogP contribution in [-0.2, 0) is 0 Å². The molecule has 6 heteroatoms. The molecule has 0 saturated heterocycles. The van der Waals surface area contributed by atoms with Crippen LogP contribution in [0.15, 0.2) is 42.5 Å². The summed E-state index contributed by atoms with van der Waals surface area (Å²) in [5.74, 6) is 1.87. The zero-order valence-corrected chi connectivity index (χ0v) is 14.0. The number of carbonyl (C=O) groups is 1. The first-order valence-corrected chi connectivity index (χ1v) is 8.26. The second kappa shape index (κ2) is 7.90. The molecule has 2 aromatic rings. The van der Waals surface area contributed by atoms with Crippen molar-refractivity contribution in [3.63, 3.8) is 0 Å². The second-order valence-electron chi connectivity index (χ2n) is 5.63. The molecule has 0 aliphatic carbocycles. The van der Waals surface area contributed by atoms with Crippen LogP contribution < -0.4 is 19.5 Å². The summed E-state index contributed by atoms with van der Waals surface area (Å²) >= 11 is 0. The predicted octanol–water partition coefficient (Wildman–Crippen LogP) is 2.67. The first-order chi connectivity index (χ1) is 12.2. The van der Waals surface area contributed by atoms with Crippen LogP contribution in [0, 0.1) is 0 Å². The summed E-state index contributed by atoms with van der Waals surface area (Å²) in [6, 6.07) is 12.3. The van der Waals surface area contributed by atoms with E-state index in [-0.39, 0.29) is 12.7 Å². The van der Waals surface area contributed by atoms with Gasteiger partial charge in [0, 0.05) is 12.1 Å². The Labute approximate surface area is 146 Å². The average Bonchev–Trinajstić information content (AvgIpc) is 3.10. The van der Waals surface area contributed by atoms with Crippen molar-refractivity contribution < 1.29 is 24.1 Å². The van der Waals surface area contributed by atoms with Gasteiger partial charge in [0.2, 0.25) is 6.79 Å². The van der Waals surface area contributed by atoms with Gasteiger partial charge in [0.1, 0.15) is 5.75 Å². The molecule has 0 bridgehead atoms. The first kappa shape index (κ1) is 17.1. The van der Waals surface area contributed by atoms with Gasteiger partial charge in [-0.15, -0.1) is 0 Å². The largest absolute Gasteiger partial charge is 0.494 e. The van der Waals surface area contributed by atoms with E-state index in [2.05, 4.69) is 5.32 Å². The van der Waals surface area contributed by atoms with Gasteiger partial charge in [-0.25, -0.2) is 0 Å². The number of benzene rings is 2. The monoisotopic (exact) mass is 343 g/mol. The fourth-order valence-electron chi connectivity index (χ4n) is 2.58. The fraction of sp³-hybridized carbons (Fsp3) is 0.316. The van der Waals surface area contributed by atoms with Gasteiger partial charge in [-0.3, -0.25) is 4.79 Å². The third kappa shape index (κ3) is 4.22. The number of hydrogen-bond donors (Lipinski definition) is 2. The molecule has 1 aliphatic rings. The molecule has 25 heavy (non-hydrogen) atoms. The molecule has 0 spiro atoms. The SMILES string of the molecule is CCOc1ccc(C(=O)NCCC(O)c2ccc3c(c2)OCO3)cc1. The molecule has 6 nitrogen and oxygen atoms in total. The van der Waals surface area contributed by atoms with Crippen LogP contribution >= 0.6 is 0 Å². The summed E-state index contributed by atoms with van der Waals surface area (Å²) in [6.45, 7) is 3.06. The topological polar surface area (TPSA) is 77.0 Å². The van der Waals surface area contributed by atoms with Crippen LogP contribution in [0.4, 0.5) is 0 Å². The Balaban J connectivity index is 1.49. The van der Waals surface area contributed by atoms with Crippen molar-refractivity contribution in [2.24, 2.45) is 0 Å².